The molecule has 0 aliphatic carbocycles. The molecule has 4 atom stereocenters. The first-order chi connectivity index (χ1) is 15.7. The van der Waals surface area contributed by atoms with Crippen molar-refractivity contribution >= 4 is 26.1 Å². The lowest BCUT2D eigenvalue weighted by atomic mass is 9.94. The zero-order valence-corrected chi connectivity index (χ0v) is 22.2. The van der Waals surface area contributed by atoms with E-state index in [0.29, 0.717) is 0 Å². The summed E-state index contributed by atoms with van der Waals surface area (Å²) in [7, 11) is -5.30. The van der Waals surface area contributed by atoms with E-state index >= 15 is 4.57 Å². The Balaban J connectivity index is 2.05. The molecule has 1 aliphatic heterocycles. The Morgan fingerprint density at radius 2 is 1.30 bits per heavy atom. The first kappa shape index (κ1) is 24.2. The molecule has 0 radical (unpaired) electrons. The largest absolute Gasteiger partial charge is 0.387 e. The van der Waals surface area contributed by atoms with E-state index < -0.39 is 21.2 Å². The summed E-state index contributed by atoms with van der Waals surface area (Å²) in [4.78, 5) is 0. The van der Waals surface area contributed by atoms with Crippen LogP contribution in [0.5, 0.6) is 0 Å². The number of ether oxygens (including phenoxy) is 1. The predicted octanol–water partition coefficient (Wildman–Crippen LogP) is 6.52. The molecular weight excluding hydrogens is 443 g/mol. The van der Waals surface area contributed by atoms with Gasteiger partial charge in [0.1, 0.15) is 0 Å². The molecule has 174 valence electrons. The van der Waals surface area contributed by atoms with Crippen molar-refractivity contribution in [1.29, 1.82) is 0 Å². The van der Waals surface area contributed by atoms with Crippen LogP contribution in [0.3, 0.4) is 0 Å². The van der Waals surface area contributed by atoms with Crippen molar-refractivity contribution in [3.05, 3.63) is 96.6 Å². The average molecular weight is 479 g/mol. The van der Waals surface area contributed by atoms with Crippen LogP contribution >= 0.6 is 7.14 Å². The van der Waals surface area contributed by atoms with Gasteiger partial charge in [0.2, 0.25) is 0 Å². The summed E-state index contributed by atoms with van der Waals surface area (Å²) in [6, 6.07) is 30.1. The Labute approximate surface area is 199 Å². The standard InChI is InChI=1S/C28H35O3PSi/c1-6-26-22(2)27(28(30-26,31-33(3,4)5)23-16-10-7-11-17-23)32(29,24-18-12-8-13-19-24)25-20-14-9-15-21-25/h7-22,26-27H,6H2,1-5H3/t22-,26-,27-,28-/m1/s1. The summed E-state index contributed by atoms with van der Waals surface area (Å²) < 4.78 is 29.6. The number of rotatable bonds is 7. The van der Waals surface area contributed by atoms with Crippen molar-refractivity contribution in [2.24, 2.45) is 5.92 Å². The topological polar surface area (TPSA) is 35.5 Å². The molecule has 5 heteroatoms. The fraction of sp³-hybridized carbons (Fsp3) is 0.357. The van der Waals surface area contributed by atoms with Crippen LogP contribution in [0.1, 0.15) is 25.8 Å². The van der Waals surface area contributed by atoms with Crippen LogP contribution in [0.25, 0.3) is 0 Å². The van der Waals surface area contributed by atoms with Crippen molar-refractivity contribution < 1.29 is 13.7 Å². The van der Waals surface area contributed by atoms with Crippen molar-refractivity contribution in [2.45, 2.75) is 57.5 Å². The molecule has 0 unspecified atom stereocenters. The van der Waals surface area contributed by atoms with Gasteiger partial charge < -0.3 is 13.7 Å². The van der Waals surface area contributed by atoms with Crippen molar-refractivity contribution in [1.82, 2.24) is 0 Å². The third-order valence-corrected chi connectivity index (χ3v) is 11.1. The summed E-state index contributed by atoms with van der Waals surface area (Å²) in [5.41, 5.74) is 0.598. The van der Waals surface area contributed by atoms with Crippen molar-refractivity contribution in [2.75, 3.05) is 0 Å². The maximum absolute atomic E-state index is 15.6. The van der Waals surface area contributed by atoms with Crippen molar-refractivity contribution in [3.63, 3.8) is 0 Å². The second kappa shape index (κ2) is 9.35. The van der Waals surface area contributed by atoms with Crippen LogP contribution in [0.2, 0.25) is 19.6 Å². The molecule has 0 saturated carbocycles. The Hall–Kier alpha value is -1.97. The summed E-state index contributed by atoms with van der Waals surface area (Å²) in [6.45, 7) is 10.9. The molecular formula is C28H35O3PSi. The van der Waals surface area contributed by atoms with Crippen LogP contribution in [-0.2, 0) is 19.5 Å². The Morgan fingerprint density at radius 3 is 1.73 bits per heavy atom. The van der Waals surface area contributed by atoms with Crippen LogP contribution in [-0.4, -0.2) is 20.1 Å². The normalized spacial score (nSPS) is 25.8. The van der Waals surface area contributed by atoms with Crippen LogP contribution in [0.4, 0.5) is 0 Å². The molecule has 0 bridgehead atoms. The van der Waals surface area contributed by atoms with E-state index in [1.165, 1.54) is 0 Å². The summed E-state index contributed by atoms with van der Waals surface area (Å²) in [5.74, 6) is -1.04. The quantitative estimate of drug-likeness (QED) is 0.286. The maximum atomic E-state index is 15.6. The molecule has 0 N–H and O–H groups in total. The Kier molecular flexibility index (Phi) is 6.84. The first-order valence-electron chi connectivity index (χ1n) is 11.9. The van der Waals surface area contributed by atoms with E-state index in [1.807, 2.05) is 78.9 Å². The zero-order valence-electron chi connectivity index (χ0n) is 20.3. The number of benzene rings is 3. The molecule has 1 aliphatic rings. The minimum absolute atomic E-state index is 0.0396. The van der Waals surface area contributed by atoms with Crippen LogP contribution < -0.4 is 10.6 Å². The lowest BCUT2D eigenvalue weighted by Gasteiger charge is -2.43. The minimum Gasteiger partial charge on any atom is -0.387 e. The second-order valence-corrected chi connectivity index (χ2v) is 17.3. The monoisotopic (exact) mass is 478 g/mol. The average Bonchev–Trinajstić information content (AvgIpc) is 3.11. The highest BCUT2D eigenvalue weighted by atomic mass is 31.2. The highest BCUT2D eigenvalue weighted by Crippen LogP contribution is 2.64. The molecule has 1 saturated heterocycles. The lowest BCUT2D eigenvalue weighted by molar-refractivity contribution is -0.185. The molecule has 3 aromatic carbocycles. The zero-order chi connectivity index (χ0) is 23.7. The Morgan fingerprint density at radius 1 is 0.848 bits per heavy atom. The molecule has 1 heterocycles. The number of hydrogen-bond donors (Lipinski definition) is 0. The highest BCUT2D eigenvalue weighted by molar-refractivity contribution is 7.79. The van der Waals surface area contributed by atoms with E-state index in [1.54, 1.807) is 0 Å². The predicted molar refractivity (Wildman–Crippen MR) is 140 cm³/mol. The fourth-order valence-electron chi connectivity index (χ4n) is 5.25. The fourth-order valence-corrected chi connectivity index (χ4v) is 10.3. The molecule has 3 nitrogen and oxygen atoms in total. The first-order valence-corrected chi connectivity index (χ1v) is 17.1. The van der Waals surface area contributed by atoms with Gasteiger partial charge >= 0.3 is 0 Å². The number of hydrogen-bond acceptors (Lipinski definition) is 3. The molecule has 0 spiro atoms. The van der Waals surface area contributed by atoms with Gasteiger partial charge in [-0.2, -0.15) is 0 Å². The van der Waals surface area contributed by atoms with Gasteiger partial charge in [0, 0.05) is 16.2 Å². The van der Waals surface area contributed by atoms with E-state index in [2.05, 4.69) is 45.6 Å². The van der Waals surface area contributed by atoms with Gasteiger partial charge in [-0.3, -0.25) is 0 Å². The van der Waals surface area contributed by atoms with Gasteiger partial charge in [-0.1, -0.05) is 105 Å². The highest BCUT2D eigenvalue weighted by Gasteiger charge is 2.63. The SMILES string of the molecule is CC[C@H]1O[C@@](O[Si](C)(C)C)(c2ccccc2)[C@H](P(=O)(c2ccccc2)c2ccccc2)[C@@H]1C. The molecule has 4 rings (SSSR count). The van der Waals surface area contributed by atoms with E-state index in [0.717, 1.165) is 22.6 Å². The van der Waals surface area contributed by atoms with E-state index in [4.69, 9.17) is 9.16 Å². The Bertz CT molecular complexity index is 1050. The van der Waals surface area contributed by atoms with E-state index in [-0.39, 0.29) is 17.7 Å². The minimum atomic E-state index is -3.18. The van der Waals surface area contributed by atoms with Gasteiger partial charge in [0.15, 0.2) is 21.2 Å². The van der Waals surface area contributed by atoms with Crippen LogP contribution in [0.15, 0.2) is 91.0 Å². The maximum Gasteiger partial charge on any atom is 0.196 e. The molecule has 3 aromatic rings. The second-order valence-electron chi connectivity index (χ2n) is 9.95. The van der Waals surface area contributed by atoms with Gasteiger partial charge in [0.25, 0.3) is 0 Å². The molecule has 0 aromatic heterocycles. The van der Waals surface area contributed by atoms with E-state index in [9.17, 15) is 0 Å². The van der Waals surface area contributed by atoms with Gasteiger partial charge in [-0.25, -0.2) is 0 Å². The van der Waals surface area contributed by atoms with Gasteiger partial charge in [0.05, 0.1) is 11.8 Å². The summed E-state index contributed by atoms with van der Waals surface area (Å²) in [6.07, 6.45) is 0.789. The summed E-state index contributed by atoms with van der Waals surface area (Å²) >= 11 is 0. The smallest absolute Gasteiger partial charge is 0.196 e. The molecule has 1 fully saturated rings. The van der Waals surface area contributed by atoms with Gasteiger partial charge in [-0.15, -0.1) is 0 Å². The third-order valence-electron chi connectivity index (χ3n) is 6.51. The summed E-state index contributed by atoms with van der Waals surface area (Å²) in [5, 5.41) is 1.71. The molecule has 0 amide bonds. The van der Waals surface area contributed by atoms with Gasteiger partial charge in [-0.05, 0) is 32.0 Å². The third kappa shape index (κ3) is 4.42. The molecule has 33 heavy (non-hydrogen) atoms. The van der Waals surface area contributed by atoms with Crippen LogP contribution in [0, 0.1) is 5.92 Å². The lowest BCUT2D eigenvalue weighted by Crippen LogP contribution is -2.50. The van der Waals surface area contributed by atoms with Crippen molar-refractivity contribution in [3.8, 4) is 0 Å².